The topological polar surface area (TPSA) is 47.0 Å². The first-order valence-corrected chi connectivity index (χ1v) is 6.66. The Hall–Kier alpha value is -2.47. The first kappa shape index (κ1) is 14.5. The summed E-state index contributed by atoms with van der Waals surface area (Å²) < 4.78 is 31.9. The molecule has 0 amide bonds. The molecule has 1 heterocycles. The number of nitrogens with one attached hydrogen (secondary N) is 1. The van der Waals surface area contributed by atoms with Crippen molar-refractivity contribution in [2.75, 3.05) is 12.4 Å². The third-order valence-corrected chi connectivity index (χ3v) is 3.38. The number of aromatic nitrogens is 2. The first-order chi connectivity index (χ1) is 10.6. The Kier molecular flexibility index (Phi) is 3.77. The van der Waals surface area contributed by atoms with Crippen LogP contribution in [0.2, 0.25) is 5.02 Å². The first-order valence-electron chi connectivity index (χ1n) is 6.29. The Morgan fingerprint density at radius 1 is 1.09 bits per heavy atom. The maximum atomic E-state index is 13.7. The van der Waals surface area contributed by atoms with E-state index in [0.717, 1.165) is 0 Å². The van der Waals surface area contributed by atoms with Gasteiger partial charge in [0, 0.05) is 17.1 Å². The number of halogens is 3. The highest BCUT2D eigenvalue weighted by atomic mass is 35.5. The Labute approximate surface area is 129 Å². The molecule has 0 saturated heterocycles. The average Bonchev–Trinajstić information content (AvgIpc) is 2.50. The number of fused-ring (bicyclic) bond motifs is 1. The number of methoxy groups -OCH3 is 1. The van der Waals surface area contributed by atoms with Gasteiger partial charge in [0.1, 0.15) is 18.0 Å². The van der Waals surface area contributed by atoms with Crippen LogP contribution in [0.1, 0.15) is 0 Å². The normalized spacial score (nSPS) is 10.7. The zero-order valence-electron chi connectivity index (χ0n) is 11.4. The van der Waals surface area contributed by atoms with E-state index in [1.54, 1.807) is 0 Å². The summed E-state index contributed by atoms with van der Waals surface area (Å²) in [5.74, 6) is -0.499. The van der Waals surface area contributed by atoms with Crippen molar-refractivity contribution in [3.63, 3.8) is 0 Å². The Balaban J connectivity index is 2.08. The van der Waals surface area contributed by atoms with Crippen molar-refractivity contribution in [3.8, 4) is 5.75 Å². The summed E-state index contributed by atoms with van der Waals surface area (Å²) in [6.45, 7) is 0. The fourth-order valence-electron chi connectivity index (χ4n) is 2.02. The molecule has 0 saturated carbocycles. The summed E-state index contributed by atoms with van der Waals surface area (Å²) in [7, 11) is 1.38. The smallest absolute Gasteiger partial charge is 0.167 e. The van der Waals surface area contributed by atoms with Crippen molar-refractivity contribution in [3.05, 3.63) is 53.3 Å². The Bertz CT molecular complexity index is 858. The lowest BCUT2D eigenvalue weighted by atomic mass is 10.2. The van der Waals surface area contributed by atoms with Gasteiger partial charge in [-0.3, -0.25) is 0 Å². The molecule has 1 N–H and O–H groups in total. The van der Waals surface area contributed by atoms with E-state index in [9.17, 15) is 8.78 Å². The second-order valence-electron chi connectivity index (χ2n) is 4.48. The number of nitrogens with zero attached hydrogens (tertiary/aromatic N) is 2. The number of ether oxygens (including phenoxy) is 1. The molecule has 0 atom stereocenters. The molecular weight excluding hydrogens is 312 g/mol. The van der Waals surface area contributed by atoms with Crippen molar-refractivity contribution in [2.45, 2.75) is 0 Å². The number of rotatable bonds is 3. The molecule has 2 aromatic carbocycles. The van der Waals surface area contributed by atoms with Gasteiger partial charge in [-0.15, -0.1) is 0 Å². The van der Waals surface area contributed by atoms with Crippen LogP contribution < -0.4 is 10.1 Å². The van der Waals surface area contributed by atoms with Crippen LogP contribution in [0.4, 0.5) is 20.3 Å². The molecule has 0 unspecified atom stereocenters. The highest BCUT2D eigenvalue weighted by Gasteiger charge is 2.11. The maximum absolute atomic E-state index is 13.7. The van der Waals surface area contributed by atoms with Gasteiger partial charge in [-0.05, 0) is 24.3 Å². The molecule has 0 bridgehead atoms. The molecule has 22 heavy (non-hydrogen) atoms. The average molecular weight is 322 g/mol. The van der Waals surface area contributed by atoms with Crippen LogP contribution in [-0.2, 0) is 0 Å². The van der Waals surface area contributed by atoms with Gasteiger partial charge < -0.3 is 10.1 Å². The number of hydrogen-bond acceptors (Lipinski definition) is 4. The molecule has 0 radical (unpaired) electrons. The minimum absolute atomic E-state index is 0.00742. The third-order valence-electron chi connectivity index (χ3n) is 3.09. The molecule has 112 valence electrons. The fraction of sp³-hybridized carbons (Fsp3) is 0.0667. The lowest BCUT2D eigenvalue weighted by molar-refractivity contribution is 0.387. The van der Waals surface area contributed by atoms with Crippen LogP contribution in [-0.4, -0.2) is 17.1 Å². The predicted octanol–water partition coefficient (Wildman–Crippen LogP) is 4.31. The number of benzene rings is 2. The molecule has 0 spiro atoms. The van der Waals surface area contributed by atoms with E-state index in [-0.39, 0.29) is 10.8 Å². The number of anilines is 2. The van der Waals surface area contributed by atoms with Crippen LogP contribution in [0.15, 0.2) is 36.7 Å². The van der Waals surface area contributed by atoms with Crippen molar-refractivity contribution in [2.24, 2.45) is 0 Å². The molecule has 3 aromatic rings. The second-order valence-corrected chi connectivity index (χ2v) is 4.89. The van der Waals surface area contributed by atoms with E-state index < -0.39 is 11.6 Å². The summed E-state index contributed by atoms with van der Waals surface area (Å²) in [5.41, 5.74) is 0.971. The van der Waals surface area contributed by atoms with Crippen LogP contribution in [0, 0.1) is 11.6 Å². The largest absolute Gasteiger partial charge is 0.494 e. The van der Waals surface area contributed by atoms with Gasteiger partial charge in [0.15, 0.2) is 11.6 Å². The van der Waals surface area contributed by atoms with Gasteiger partial charge in [-0.1, -0.05) is 11.6 Å². The van der Waals surface area contributed by atoms with Gasteiger partial charge in [-0.2, -0.15) is 0 Å². The molecule has 3 rings (SSSR count). The molecule has 4 nitrogen and oxygen atoms in total. The van der Waals surface area contributed by atoms with Crippen molar-refractivity contribution in [1.29, 1.82) is 0 Å². The van der Waals surface area contributed by atoms with E-state index in [2.05, 4.69) is 15.3 Å². The van der Waals surface area contributed by atoms with Crippen molar-refractivity contribution >= 4 is 34.0 Å². The molecule has 0 aliphatic heterocycles. The molecule has 0 aliphatic rings. The van der Waals surface area contributed by atoms with E-state index in [4.69, 9.17) is 16.3 Å². The molecular formula is C15H10ClF2N3O. The molecule has 0 fully saturated rings. The Morgan fingerprint density at radius 2 is 1.91 bits per heavy atom. The van der Waals surface area contributed by atoms with Gasteiger partial charge >= 0.3 is 0 Å². The predicted molar refractivity (Wildman–Crippen MR) is 80.7 cm³/mol. The summed E-state index contributed by atoms with van der Waals surface area (Å²) in [6, 6.07) is 6.96. The molecule has 1 aromatic heterocycles. The highest BCUT2D eigenvalue weighted by Crippen LogP contribution is 2.29. The zero-order valence-corrected chi connectivity index (χ0v) is 12.2. The van der Waals surface area contributed by atoms with Gasteiger partial charge in [0.2, 0.25) is 0 Å². The van der Waals surface area contributed by atoms with E-state index in [0.29, 0.717) is 22.4 Å². The summed E-state index contributed by atoms with van der Waals surface area (Å²) in [4.78, 5) is 8.14. The quantitative estimate of drug-likeness (QED) is 0.780. The summed E-state index contributed by atoms with van der Waals surface area (Å²) in [5, 5.41) is 3.57. The lowest BCUT2D eigenvalue weighted by Gasteiger charge is -2.10. The zero-order chi connectivity index (χ0) is 15.7. The van der Waals surface area contributed by atoms with E-state index >= 15 is 0 Å². The third kappa shape index (κ3) is 2.65. The Morgan fingerprint density at radius 3 is 2.64 bits per heavy atom. The summed E-state index contributed by atoms with van der Waals surface area (Å²) in [6.07, 6.45) is 1.31. The highest BCUT2D eigenvalue weighted by molar-refractivity contribution is 6.31. The van der Waals surface area contributed by atoms with Gasteiger partial charge in [0.05, 0.1) is 17.6 Å². The van der Waals surface area contributed by atoms with Crippen LogP contribution in [0.5, 0.6) is 5.75 Å². The van der Waals surface area contributed by atoms with Crippen LogP contribution >= 0.6 is 11.6 Å². The van der Waals surface area contributed by atoms with Crippen LogP contribution in [0.3, 0.4) is 0 Å². The van der Waals surface area contributed by atoms with Crippen molar-refractivity contribution < 1.29 is 13.5 Å². The minimum Gasteiger partial charge on any atom is -0.494 e. The van der Waals surface area contributed by atoms with E-state index in [1.165, 1.54) is 43.8 Å². The molecule has 7 heteroatoms. The number of hydrogen-bond donors (Lipinski definition) is 1. The van der Waals surface area contributed by atoms with Crippen molar-refractivity contribution in [1.82, 2.24) is 9.97 Å². The minimum atomic E-state index is -0.511. The van der Waals surface area contributed by atoms with Gasteiger partial charge in [0.25, 0.3) is 0 Å². The van der Waals surface area contributed by atoms with Crippen LogP contribution in [0.25, 0.3) is 10.9 Å². The SMILES string of the molecule is COc1cc2c(Nc3ccc(F)c(Cl)c3)ncnc2cc1F. The molecule has 0 aliphatic carbocycles. The fourth-order valence-corrected chi connectivity index (χ4v) is 2.20. The monoisotopic (exact) mass is 321 g/mol. The summed E-state index contributed by atoms with van der Waals surface area (Å²) >= 11 is 5.75. The van der Waals surface area contributed by atoms with Gasteiger partial charge in [-0.25, -0.2) is 18.7 Å². The maximum Gasteiger partial charge on any atom is 0.167 e. The lowest BCUT2D eigenvalue weighted by Crippen LogP contribution is -1.98. The van der Waals surface area contributed by atoms with E-state index in [1.807, 2.05) is 0 Å². The second kappa shape index (κ2) is 5.73. The standard InChI is InChI=1S/C15H10ClF2N3O/c1-22-14-5-9-13(6-12(14)18)19-7-20-15(9)21-8-2-3-11(17)10(16)4-8/h2-7H,1H3,(H,19,20,21).